The van der Waals surface area contributed by atoms with Crippen LogP contribution in [0.4, 0.5) is 8.78 Å². The van der Waals surface area contributed by atoms with Crippen LogP contribution in [0.5, 0.6) is 5.75 Å². The molecule has 6 nitrogen and oxygen atoms in total. The fourth-order valence-electron chi connectivity index (χ4n) is 2.91. The smallest absolute Gasteiger partial charge is 0.338 e. The van der Waals surface area contributed by atoms with E-state index in [0.29, 0.717) is 34.8 Å². The van der Waals surface area contributed by atoms with Crippen LogP contribution >= 0.6 is 15.9 Å². The second-order valence-corrected chi connectivity index (χ2v) is 7.15. The number of fused-ring (bicyclic) bond motifs is 1. The van der Waals surface area contributed by atoms with Gasteiger partial charge in [-0.25, -0.2) is 18.6 Å². The maximum atomic E-state index is 14.3. The highest BCUT2D eigenvalue weighted by Gasteiger charge is 2.19. The minimum Gasteiger partial charge on any atom is -0.489 e. The number of aryl methyl sites for hydroxylation is 1. The normalized spacial score (nSPS) is 11.1. The van der Waals surface area contributed by atoms with Crippen molar-refractivity contribution in [2.75, 3.05) is 27.4 Å². The number of halogens is 3. The summed E-state index contributed by atoms with van der Waals surface area (Å²) in [6, 6.07) is 5.39. The molecule has 0 radical (unpaired) electrons. The lowest BCUT2D eigenvalue weighted by atomic mass is 10.1. The van der Waals surface area contributed by atoms with E-state index in [9.17, 15) is 13.6 Å². The van der Waals surface area contributed by atoms with Crippen LogP contribution in [0.3, 0.4) is 0 Å². The molecule has 0 fully saturated rings. The Hall–Kier alpha value is -2.52. The molecular weight excluding hydrogens is 450 g/mol. The predicted octanol–water partition coefficient (Wildman–Crippen LogP) is 4.02. The minimum absolute atomic E-state index is 0.0558. The van der Waals surface area contributed by atoms with Crippen molar-refractivity contribution in [2.45, 2.75) is 6.42 Å². The van der Waals surface area contributed by atoms with Gasteiger partial charge in [0, 0.05) is 20.6 Å². The number of hydrogen-bond acceptors (Lipinski definition) is 5. The van der Waals surface area contributed by atoms with Crippen molar-refractivity contribution < 1.29 is 27.8 Å². The average Bonchev–Trinajstić information content (AvgIpc) is 3.01. The first-order chi connectivity index (χ1) is 13.8. The highest BCUT2D eigenvalue weighted by Crippen LogP contribution is 2.30. The maximum Gasteiger partial charge on any atom is 0.338 e. The topological polar surface area (TPSA) is 62.6 Å². The number of benzene rings is 2. The fraction of sp³-hybridized carbons (Fsp3) is 0.300. The van der Waals surface area contributed by atoms with Crippen LogP contribution in [0.2, 0.25) is 0 Å². The number of esters is 1. The van der Waals surface area contributed by atoms with Crippen molar-refractivity contribution >= 4 is 32.9 Å². The van der Waals surface area contributed by atoms with Crippen LogP contribution in [0.15, 0.2) is 28.7 Å². The molecule has 0 saturated heterocycles. The van der Waals surface area contributed by atoms with Gasteiger partial charge in [-0.2, -0.15) is 0 Å². The van der Waals surface area contributed by atoms with Gasteiger partial charge in [-0.15, -0.1) is 0 Å². The van der Waals surface area contributed by atoms with Crippen LogP contribution in [0, 0.1) is 11.6 Å². The predicted molar refractivity (Wildman–Crippen MR) is 106 cm³/mol. The van der Waals surface area contributed by atoms with Crippen molar-refractivity contribution in [3.63, 3.8) is 0 Å². The van der Waals surface area contributed by atoms with Crippen LogP contribution < -0.4 is 4.74 Å². The van der Waals surface area contributed by atoms with Crippen molar-refractivity contribution in [1.29, 1.82) is 0 Å². The van der Waals surface area contributed by atoms with Gasteiger partial charge in [0.25, 0.3) is 0 Å². The summed E-state index contributed by atoms with van der Waals surface area (Å²) < 4.78 is 45.4. The monoisotopic (exact) mass is 468 g/mol. The third kappa shape index (κ3) is 4.40. The molecule has 154 valence electrons. The number of hydrogen-bond donors (Lipinski definition) is 0. The molecule has 1 aromatic heterocycles. The van der Waals surface area contributed by atoms with Crippen molar-refractivity contribution in [2.24, 2.45) is 7.05 Å². The number of rotatable bonds is 7. The Morgan fingerprint density at radius 3 is 2.59 bits per heavy atom. The molecule has 0 N–H and O–H groups in total. The summed E-state index contributed by atoms with van der Waals surface area (Å²) in [5.74, 6) is -0.760. The summed E-state index contributed by atoms with van der Waals surface area (Å²) in [7, 11) is 4.57. The first-order valence-electron chi connectivity index (χ1n) is 8.68. The summed E-state index contributed by atoms with van der Waals surface area (Å²) in [6.45, 7) is 0.613. The van der Waals surface area contributed by atoms with Gasteiger partial charge in [-0.05, 0) is 45.8 Å². The highest BCUT2D eigenvalue weighted by molar-refractivity contribution is 9.10. The van der Waals surface area contributed by atoms with Crippen LogP contribution in [-0.2, 0) is 22.9 Å². The number of carbonyl (C=O) groups is 1. The summed E-state index contributed by atoms with van der Waals surface area (Å²) in [5, 5.41) is 0. The zero-order chi connectivity index (χ0) is 21.1. The largest absolute Gasteiger partial charge is 0.489 e. The summed E-state index contributed by atoms with van der Waals surface area (Å²) in [4.78, 5) is 16.6. The van der Waals surface area contributed by atoms with Crippen LogP contribution in [0.25, 0.3) is 11.0 Å². The van der Waals surface area contributed by atoms with E-state index in [0.717, 1.165) is 12.1 Å². The van der Waals surface area contributed by atoms with E-state index in [1.54, 1.807) is 30.9 Å². The molecule has 29 heavy (non-hydrogen) atoms. The molecule has 0 unspecified atom stereocenters. The SMILES string of the molecule is COCCOc1cc(C(=O)OC)cc2c1nc(Cc1cc(F)c(Br)cc1F)n2C. The summed E-state index contributed by atoms with van der Waals surface area (Å²) >= 11 is 2.97. The van der Waals surface area contributed by atoms with Gasteiger partial charge >= 0.3 is 5.97 Å². The fourth-order valence-corrected chi connectivity index (χ4v) is 3.23. The third-order valence-electron chi connectivity index (χ3n) is 4.45. The van der Waals surface area contributed by atoms with Crippen LogP contribution in [0.1, 0.15) is 21.7 Å². The lowest BCUT2D eigenvalue weighted by molar-refractivity contribution is 0.0600. The first-order valence-corrected chi connectivity index (χ1v) is 9.47. The molecule has 0 atom stereocenters. The number of methoxy groups -OCH3 is 2. The van der Waals surface area contributed by atoms with Crippen molar-refractivity contribution in [1.82, 2.24) is 9.55 Å². The number of carbonyl (C=O) groups excluding carboxylic acids is 1. The minimum atomic E-state index is -0.559. The first kappa shape index (κ1) is 21.2. The van der Waals surface area contributed by atoms with Crippen molar-refractivity contribution in [3.8, 4) is 5.75 Å². The highest BCUT2D eigenvalue weighted by atomic mass is 79.9. The second-order valence-electron chi connectivity index (χ2n) is 6.30. The molecule has 2 aromatic carbocycles. The van der Waals surface area contributed by atoms with Gasteiger partial charge in [0.15, 0.2) is 0 Å². The zero-order valence-electron chi connectivity index (χ0n) is 16.1. The molecule has 3 aromatic rings. The Morgan fingerprint density at radius 1 is 1.14 bits per heavy atom. The molecule has 0 aliphatic carbocycles. The van der Waals surface area contributed by atoms with Gasteiger partial charge in [-0.1, -0.05) is 0 Å². The molecule has 0 saturated carbocycles. The molecule has 9 heteroatoms. The number of imidazole rings is 1. The lowest BCUT2D eigenvalue weighted by Crippen LogP contribution is -2.07. The van der Waals surface area contributed by atoms with Crippen LogP contribution in [-0.4, -0.2) is 43.0 Å². The Balaban J connectivity index is 2.08. The van der Waals surface area contributed by atoms with Gasteiger partial charge in [0.1, 0.15) is 35.3 Å². The molecule has 0 bridgehead atoms. The molecule has 3 rings (SSSR count). The van der Waals surface area contributed by atoms with E-state index >= 15 is 0 Å². The molecular formula is C20H19BrF2N2O4. The van der Waals surface area contributed by atoms with E-state index in [1.165, 1.54) is 7.11 Å². The van der Waals surface area contributed by atoms with E-state index in [-0.39, 0.29) is 23.1 Å². The number of nitrogens with zero attached hydrogens (tertiary/aromatic N) is 2. The zero-order valence-corrected chi connectivity index (χ0v) is 17.7. The van der Waals surface area contributed by atoms with Crippen molar-refractivity contribution in [3.05, 3.63) is 57.3 Å². The Labute approximate surface area is 174 Å². The molecule has 0 aliphatic rings. The molecule has 0 spiro atoms. The third-order valence-corrected chi connectivity index (χ3v) is 5.06. The standard InChI is InChI=1S/C20H19BrF2N2O4/c1-25-16-7-12(20(26)28-3)8-17(29-5-4-27-2)19(16)24-18(25)9-11-6-15(23)13(21)10-14(11)22/h6-8,10H,4-5,9H2,1-3H3. The van der Waals surface area contributed by atoms with Gasteiger partial charge in [0.05, 0.1) is 29.3 Å². The number of ether oxygens (including phenoxy) is 3. The van der Waals surface area contributed by atoms with E-state index in [4.69, 9.17) is 14.2 Å². The Kier molecular flexibility index (Phi) is 6.49. The Bertz CT molecular complexity index is 1070. The second kappa shape index (κ2) is 8.87. The summed E-state index contributed by atoms with van der Waals surface area (Å²) in [6.07, 6.45) is 0.0618. The van der Waals surface area contributed by atoms with Gasteiger partial charge in [0.2, 0.25) is 0 Å². The molecule has 1 heterocycles. The number of aromatic nitrogens is 2. The van der Waals surface area contributed by atoms with Gasteiger partial charge < -0.3 is 18.8 Å². The summed E-state index contributed by atoms with van der Waals surface area (Å²) in [5.41, 5.74) is 1.57. The van der Waals surface area contributed by atoms with Gasteiger partial charge in [-0.3, -0.25) is 0 Å². The average molecular weight is 469 g/mol. The molecule has 0 aliphatic heterocycles. The lowest BCUT2D eigenvalue weighted by Gasteiger charge is -2.09. The van der Waals surface area contributed by atoms with E-state index < -0.39 is 17.6 Å². The van der Waals surface area contributed by atoms with E-state index in [1.807, 2.05) is 0 Å². The van der Waals surface area contributed by atoms with E-state index in [2.05, 4.69) is 20.9 Å². The quantitative estimate of drug-likeness (QED) is 0.297. The Morgan fingerprint density at radius 2 is 1.90 bits per heavy atom. The maximum absolute atomic E-state index is 14.3. The molecule has 0 amide bonds.